The van der Waals surface area contributed by atoms with Crippen molar-refractivity contribution in [1.29, 1.82) is 0 Å². The fraction of sp³-hybridized carbons (Fsp3) is 0.474. The van der Waals surface area contributed by atoms with E-state index in [2.05, 4.69) is 53.3 Å². The second-order valence-corrected chi connectivity index (χ2v) is 6.50. The molecular weight excluding hydrogens is 284 g/mol. The van der Waals surface area contributed by atoms with Gasteiger partial charge in [0.2, 0.25) is 5.95 Å². The number of nitrogens with zero attached hydrogens (tertiary/aromatic N) is 3. The van der Waals surface area contributed by atoms with Crippen LogP contribution in [0.3, 0.4) is 0 Å². The fourth-order valence-electron chi connectivity index (χ4n) is 3.08. The minimum atomic E-state index is 0.694. The summed E-state index contributed by atoms with van der Waals surface area (Å²) >= 11 is 0. The molecule has 0 amide bonds. The van der Waals surface area contributed by atoms with Crippen LogP contribution in [-0.2, 0) is 6.42 Å². The smallest absolute Gasteiger partial charge is 0.229 e. The standard InChI is InChI=1S/C19H26N4/c1-4-16-7-5-6-8-17(16)21-19-20-15(3)13-18(22-19)23-11-9-14(2)10-12-23/h5-8,13-14H,4,9-12H2,1-3H3,(H,20,21,22). The molecule has 1 saturated heterocycles. The number of nitrogens with one attached hydrogen (secondary N) is 1. The van der Waals surface area contributed by atoms with Crippen LogP contribution in [-0.4, -0.2) is 23.1 Å². The van der Waals surface area contributed by atoms with Crippen molar-refractivity contribution in [3.63, 3.8) is 0 Å². The van der Waals surface area contributed by atoms with E-state index in [1.807, 2.05) is 13.0 Å². The van der Waals surface area contributed by atoms with E-state index >= 15 is 0 Å². The fourth-order valence-corrected chi connectivity index (χ4v) is 3.08. The number of aromatic nitrogens is 2. The summed E-state index contributed by atoms with van der Waals surface area (Å²) in [6.45, 7) is 8.70. The summed E-state index contributed by atoms with van der Waals surface area (Å²) in [5, 5.41) is 3.40. The second kappa shape index (κ2) is 6.99. The van der Waals surface area contributed by atoms with E-state index in [0.717, 1.165) is 42.6 Å². The lowest BCUT2D eigenvalue weighted by molar-refractivity contribution is 0.436. The van der Waals surface area contributed by atoms with Crippen molar-refractivity contribution in [2.24, 2.45) is 5.92 Å². The molecule has 23 heavy (non-hydrogen) atoms. The van der Waals surface area contributed by atoms with Gasteiger partial charge in [0.05, 0.1) is 0 Å². The third-order valence-electron chi connectivity index (χ3n) is 4.59. The highest BCUT2D eigenvalue weighted by molar-refractivity contribution is 5.60. The zero-order valence-electron chi connectivity index (χ0n) is 14.3. The van der Waals surface area contributed by atoms with Gasteiger partial charge in [-0.15, -0.1) is 0 Å². The first kappa shape index (κ1) is 15.8. The first-order valence-electron chi connectivity index (χ1n) is 8.61. The Labute approximate surface area is 139 Å². The number of hydrogen-bond donors (Lipinski definition) is 1. The summed E-state index contributed by atoms with van der Waals surface area (Å²) in [6.07, 6.45) is 3.47. The van der Waals surface area contributed by atoms with Crippen LogP contribution in [0.25, 0.3) is 0 Å². The largest absolute Gasteiger partial charge is 0.356 e. The molecule has 2 heterocycles. The van der Waals surface area contributed by atoms with E-state index in [-0.39, 0.29) is 0 Å². The summed E-state index contributed by atoms with van der Waals surface area (Å²) < 4.78 is 0. The lowest BCUT2D eigenvalue weighted by Gasteiger charge is -2.31. The van der Waals surface area contributed by atoms with Gasteiger partial charge in [0.1, 0.15) is 5.82 Å². The molecule has 3 rings (SSSR count). The van der Waals surface area contributed by atoms with Gasteiger partial charge in [-0.2, -0.15) is 4.98 Å². The average molecular weight is 310 g/mol. The number of piperidine rings is 1. The Morgan fingerprint density at radius 3 is 2.65 bits per heavy atom. The minimum absolute atomic E-state index is 0.694. The van der Waals surface area contributed by atoms with Gasteiger partial charge in [-0.05, 0) is 43.7 Å². The monoisotopic (exact) mass is 310 g/mol. The predicted octanol–water partition coefficient (Wildman–Crippen LogP) is 4.33. The van der Waals surface area contributed by atoms with Crippen molar-refractivity contribution in [2.45, 2.75) is 40.0 Å². The molecule has 1 aromatic heterocycles. The highest BCUT2D eigenvalue weighted by Crippen LogP contribution is 2.24. The molecule has 1 N–H and O–H groups in total. The molecular formula is C19H26N4. The van der Waals surface area contributed by atoms with Crippen molar-refractivity contribution in [3.05, 3.63) is 41.6 Å². The Kier molecular flexibility index (Phi) is 4.79. The van der Waals surface area contributed by atoms with Gasteiger partial charge in [0.15, 0.2) is 0 Å². The molecule has 1 aliphatic heterocycles. The summed E-state index contributed by atoms with van der Waals surface area (Å²) in [7, 11) is 0. The lowest BCUT2D eigenvalue weighted by atomic mass is 9.99. The van der Waals surface area contributed by atoms with Crippen LogP contribution in [0.15, 0.2) is 30.3 Å². The molecule has 0 atom stereocenters. The molecule has 0 unspecified atom stereocenters. The number of aryl methyl sites for hydroxylation is 2. The van der Waals surface area contributed by atoms with Gasteiger partial charge in [0, 0.05) is 30.5 Å². The van der Waals surface area contributed by atoms with Crippen LogP contribution in [0.5, 0.6) is 0 Å². The molecule has 0 saturated carbocycles. The molecule has 2 aromatic rings. The van der Waals surface area contributed by atoms with E-state index in [1.54, 1.807) is 0 Å². The van der Waals surface area contributed by atoms with Gasteiger partial charge >= 0.3 is 0 Å². The Morgan fingerprint density at radius 1 is 1.17 bits per heavy atom. The molecule has 1 fully saturated rings. The topological polar surface area (TPSA) is 41.1 Å². The lowest BCUT2D eigenvalue weighted by Crippen LogP contribution is -2.33. The first-order valence-corrected chi connectivity index (χ1v) is 8.61. The Balaban J connectivity index is 1.83. The number of rotatable bonds is 4. The van der Waals surface area contributed by atoms with Gasteiger partial charge < -0.3 is 10.2 Å². The van der Waals surface area contributed by atoms with Crippen LogP contribution in [0.2, 0.25) is 0 Å². The third-order valence-corrected chi connectivity index (χ3v) is 4.59. The molecule has 4 nitrogen and oxygen atoms in total. The number of anilines is 3. The van der Waals surface area contributed by atoms with Crippen molar-refractivity contribution >= 4 is 17.5 Å². The highest BCUT2D eigenvalue weighted by Gasteiger charge is 2.18. The third kappa shape index (κ3) is 3.81. The Morgan fingerprint density at radius 2 is 1.91 bits per heavy atom. The van der Waals surface area contributed by atoms with E-state index in [1.165, 1.54) is 18.4 Å². The summed E-state index contributed by atoms with van der Waals surface area (Å²) in [5.74, 6) is 2.56. The molecule has 1 aromatic carbocycles. The zero-order chi connectivity index (χ0) is 16.2. The minimum Gasteiger partial charge on any atom is -0.356 e. The molecule has 4 heteroatoms. The Bertz CT molecular complexity index is 660. The molecule has 0 bridgehead atoms. The van der Waals surface area contributed by atoms with Crippen molar-refractivity contribution < 1.29 is 0 Å². The summed E-state index contributed by atoms with van der Waals surface area (Å²) in [5.41, 5.74) is 3.38. The van der Waals surface area contributed by atoms with Gasteiger partial charge in [-0.1, -0.05) is 32.0 Å². The summed E-state index contributed by atoms with van der Waals surface area (Å²) in [6, 6.07) is 10.4. The molecule has 0 radical (unpaired) electrons. The molecule has 1 aliphatic rings. The van der Waals surface area contributed by atoms with E-state index in [4.69, 9.17) is 4.98 Å². The van der Waals surface area contributed by atoms with E-state index in [9.17, 15) is 0 Å². The molecule has 122 valence electrons. The number of hydrogen-bond acceptors (Lipinski definition) is 4. The normalized spacial score (nSPS) is 15.7. The van der Waals surface area contributed by atoms with Gasteiger partial charge in [0.25, 0.3) is 0 Å². The Hall–Kier alpha value is -2.10. The van der Waals surface area contributed by atoms with Crippen LogP contribution in [0.4, 0.5) is 17.5 Å². The van der Waals surface area contributed by atoms with Gasteiger partial charge in [-0.3, -0.25) is 0 Å². The molecule has 0 aliphatic carbocycles. The van der Waals surface area contributed by atoms with Crippen LogP contribution in [0.1, 0.15) is 37.9 Å². The maximum atomic E-state index is 4.76. The number of para-hydroxylation sites is 1. The zero-order valence-corrected chi connectivity index (χ0v) is 14.3. The quantitative estimate of drug-likeness (QED) is 0.912. The predicted molar refractivity (Wildman–Crippen MR) is 96.5 cm³/mol. The SMILES string of the molecule is CCc1ccccc1Nc1nc(C)cc(N2CCC(C)CC2)n1. The van der Waals surface area contributed by atoms with Crippen LogP contribution in [0, 0.1) is 12.8 Å². The van der Waals surface area contributed by atoms with E-state index < -0.39 is 0 Å². The van der Waals surface area contributed by atoms with Crippen molar-refractivity contribution in [2.75, 3.05) is 23.3 Å². The summed E-state index contributed by atoms with van der Waals surface area (Å²) in [4.78, 5) is 11.7. The maximum Gasteiger partial charge on any atom is 0.229 e. The van der Waals surface area contributed by atoms with Crippen molar-refractivity contribution in [3.8, 4) is 0 Å². The first-order chi connectivity index (χ1) is 11.2. The van der Waals surface area contributed by atoms with E-state index in [0.29, 0.717) is 5.95 Å². The van der Waals surface area contributed by atoms with Crippen LogP contribution < -0.4 is 10.2 Å². The molecule has 0 spiro atoms. The van der Waals surface area contributed by atoms with Crippen LogP contribution >= 0.6 is 0 Å². The average Bonchev–Trinajstić information content (AvgIpc) is 2.55. The maximum absolute atomic E-state index is 4.76. The second-order valence-electron chi connectivity index (χ2n) is 6.50. The number of benzene rings is 1. The highest BCUT2D eigenvalue weighted by atomic mass is 15.2. The van der Waals surface area contributed by atoms with Gasteiger partial charge in [-0.25, -0.2) is 4.98 Å². The van der Waals surface area contributed by atoms with Crippen molar-refractivity contribution in [1.82, 2.24) is 9.97 Å².